The molecule has 3 N–H and O–H groups in total. The summed E-state index contributed by atoms with van der Waals surface area (Å²) in [4.78, 5) is 10.4. The molecule has 0 unspecified atom stereocenters. The minimum atomic E-state index is -2.04. The fraction of sp³-hybridized carbons (Fsp3) is 0. The van der Waals surface area contributed by atoms with Crippen LogP contribution in [0.2, 0.25) is 0 Å². The van der Waals surface area contributed by atoms with Crippen LogP contribution in [0.15, 0.2) is 12.1 Å². The monoisotopic (exact) mass is 202 g/mol. The van der Waals surface area contributed by atoms with Crippen molar-refractivity contribution in [2.24, 2.45) is 0 Å². The molecule has 0 radical (unpaired) electrons. The zero-order valence-electron chi connectivity index (χ0n) is 6.74. The van der Waals surface area contributed by atoms with Crippen molar-refractivity contribution < 1.29 is 28.7 Å². The Hall–Kier alpha value is -1.47. The Morgan fingerprint density at radius 1 is 1.29 bits per heavy atom. The smallest absolute Gasteiger partial charge is 0.478 e. The molecule has 1 aromatic rings. The lowest BCUT2D eigenvalue weighted by atomic mass is 9.79. The summed E-state index contributed by atoms with van der Waals surface area (Å²) in [5, 5.41) is 25.7. The molecule has 0 fully saturated rings. The van der Waals surface area contributed by atoms with Gasteiger partial charge < -0.3 is 15.2 Å². The van der Waals surface area contributed by atoms with Crippen LogP contribution in [-0.2, 0) is 0 Å². The van der Waals surface area contributed by atoms with Crippen LogP contribution in [-0.4, -0.2) is 28.2 Å². The largest absolute Gasteiger partial charge is 0.488 e. The van der Waals surface area contributed by atoms with Crippen LogP contribution in [0, 0.1) is 11.6 Å². The first kappa shape index (κ1) is 10.6. The lowest BCUT2D eigenvalue weighted by molar-refractivity contribution is 0.0691. The first-order valence-electron chi connectivity index (χ1n) is 3.52. The van der Waals surface area contributed by atoms with E-state index in [1.165, 1.54) is 0 Å². The van der Waals surface area contributed by atoms with E-state index in [2.05, 4.69) is 0 Å². The molecule has 0 spiro atoms. The number of carboxylic acid groups (broad SMARTS) is 1. The molecule has 1 aromatic carbocycles. The molecule has 0 amide bonds. The van der Waals surface area contributed by atoms with Gasteiger partial charge in [0.1, 0.15) is 0 Å². The van der Waals surface area contributed by atoms with E-state index in [1.807, 2.05) is 0 Å². The van der Waals surface area contributed by atoms with E-state index in [-0.39, 0.29) is 0 Å². The maximum absolute atomic E-state index is 12.8. The minimum absolute atomic E-state index is 0.415. The summed E-state index contributed by atoms with van der Waals surface area (Å²) in [6.07, 6.45) is 0. The molecule has 0 bridgehead atoms. The number of halogens is 2. The number of rotatable bonds is 2. The Morgan fingerprint density at radius 3 is 2.29 bits per heavy atom. The molecule has 1 rings (SSSR count). The third-order valence-electron chi connectivity index (χ3n) is 1.58. The molecule has 4 nitrogen and oxygen atoms in total. The Balaban J connectivity index is 3.35. The van der Waals surface area contributed by atoms with Gasteiger partial charge in [0.05, 0.1) is 5.56 Å². The number of aromatic carboxylic acids is 1. The molecule has 0 aliphatic heterocycles. The number of carboxylic acids is 1. The van der Waals surface area contributed by atoms with Crippen molar-refractivity contribution in [3.8, 4) is 0 Å². The molecule has 14 heavy (non-hydrogen) atoms. The van der Waals surface area contributed by atoms with Crippen molar-refractivity contribution in [2.45, 2.75) is 0 Å². The summed E-state index contributed by atoms with van der Waals surface area (Å²) in [7, 11) is -2.04. The number of hydrogen-bond donors (Lipinski definition) is 3. The maximum atomic E-state index is 12.8. The van der Waals surface area contributed by atoms with Crippen LogP contribution in [0.25, 0.3) is 0 Å². The molecule has 0 aromatic heterocycles. The van der Waals surface area contributed by atoms with Gasteiger partial charge in [0.2, 0.25) is 0 Å². The second kappa shape index (κ2) is 3.73. The van der Waals surface area contributed by atoms with Crippen LogP contribution in [0.5, 0.6) is 0 Å². The number of carbonyl (C=O) groups is 1. The second-order valence-electron chi connectivity index (χ2n) is 2.54. The fourth-order valence-corrected chi connectivity index (χ4v) is 0.915. The molecular formula is C7H5BF2O4. The lowest BCUT2D eigenvalue weighted by Crippen LogP contribution is -2.31. The van der Waals surface area contributed by atoms with Gasteiger partial charge in [0, 0.05) is 0 Å². The minimum Gasteiger partial charge on any atom is -0.478 e. The zero-order valence-corrected chi connectivity index (χ0v) is 6.74. The van der Waals surface area contributed by atoms with Gasteiger partial charge >= 0.3 is 13.1 Å². The molecular weight excluding hydrogens is 197 g/mol. The normalized spacial score (nSPS) is 10.0. The van der Waals surface area contributed by atoms with Gasteiger partial charge in [0.25, 0.3) is 0 Å². The Morgan fingerprint density at radius 2 is 1.86 bits per heavy atom. The highest BCUT2D eigenvalue weighted by Crippen LogP contribution is 2.10. The molecule has 7 heteroatoms. The summed E-state index contributed by atoms with van der Waals surface area (Å²) < 4.78 is 25.5. The van der Waals surface area contributed by atoms with Gasteiger partial charge in [-0.1, -0.05) is 0 Å². The molecule has 0 heterocycles. The van der Waals surface area contributed by atoms with Crippen molar-refractivity contribution in [2.75, 3.05) is 0 Å². The average molecular weight is 202 g/mol. The average Bonchev–Trinajstić information content (AvgIpc) is 2.08. The van der Waals surface area contributed by atoms with Gasteiger partial charge in [0.15, 0.2) is 11.6 Å². The number of benzene rings is 1. The standard InChI is InChI=1S/C7H5BF2O4/c9-5-2-3(8(13)14)1-4(6(5)10)7(11)12/h1-2,13-14H,(H,11,12). The second-order valence-corrected chi connectivity index (χ2v) is 2.54. The molecule has 74 valence electrons. The van der Waals surface area contributed by atoms with Gasteiger partial charge in [-0.25, -0.2) is 13.6 Å². The Labute approximate surface area is 77.6 Å². The van der Waals surface area contributed by atoms with Crippen LogP contribution < -0.4 is 5.46 Å². The summed E-state index contributed by atoms with van der Waals surface area (Å²) in [6.45, 7) is 0. The molecule has 0 saturated heterocycles. The highest BCUT2D eigenvalue weighted by atomic mass is 19.2. The summed E-state index contributed by atoms with van der Waals surface area (Å²) in [5.74, 6) is -4.64. The van der Waals surface area contributed by atoms with Crippen molar-refractivity contribution >= 4 is 18.6 Å². The summed E-state index contributed by atoms with van der Waals surface area (Å²) in [6, 6.07) is 1.18. The van der Waals surface area contributed by atoms with Crippen molar-refractivity contribution in [1.82, 2.24) is 0 Å². The molecule has 0 aliphatic carbocycles. The van der Waals surface area contributed by atoms with E-state index in [0.29, 0.717) is 12.1 Å². The fourth-order valence-electron chi connectivity index (χ4n) is 0.915. The van der Waals surface area contributed by atoms with Gasteiger partial charge in [-0.15, -0.1) is 0 Å². The highest BCUT2D eigenvalue weighted by Gasteiger charge is 2.21. The summed E-state index contributed by atoms with van der Waals surface area (Å²) in [5.41, 5.74) is -1.35. The van der Waals surface area contributed by atoms with E-state index < -0.39 is 35.7 Å². The van der Waals surface area contributed by atoms with E-state index in [4.69, 9.17) is 15.2 Å². The van der Waals surface area contributed by atoms with Crippen molar-refractivity contribution in [3.05, 3.63) is 29.3 Å². The Bertz CT molecular complexity index is 380. The Kier molecular flexibility index (Phi) is 2.83. The topological polar surface area (TPSA) is 77.8 Å². The quantitative estimate of drug-likeness (QED) is 0.556. The van der Waals surface area contributed by atoms with Gasteiger partial charge in [-0.2, -0.15) is 0 Å². The van der Waals surface area contributed by atoms with E-state index in [9.17, 15) is 13.6 Å². The van der Waals surface area contributed by atoms with Gasteiger partial charge in [-0.3, -0.25) is 0 Å². The lowest BCUT2D eigenvalue weighted by Gasteiger charge is -2.03. The van der Waals surface area contributed by atoms with Gasteiger partial charge in [-0.05, 0) is 17.6 Å². The van der Waals surface area contributed by atoms with E-state index >= 15 is 0 Å². The molecule has 0 atom stereocenters. The SMILES string of the molecule is O=C(O)c1cc(B(O)O)cc(F)c1F. The molecule has 0 saturated carbocycles. The van der Waals surface area contributed by atoms with Crippen LogP contribution in [0.4, 0.5) is 8.78 Å². The predicted octanol–water partition coefficient (Wildman–Crippen LogP) is -0.657. The van der Waals surface area contributed by atoms with Crippen molar-refractivity contribution in [1.29, 1.82) is 0 Å². The third-order valence-corrected chi connectivity index (χ3v) is 1.58. The first-order valence-corrected chi connectivity index (χ1v) is 3.52. The van der Waals surface area contributed by atoms with E-state index in [0.717, 1.165) is 0 Å². The van der Waals surface area contributed by atoms with Crippen LogP contribution in [0.3, 0.4) is 0 Å². The van der Waals surface area contributed by atoms with Crippen molar-refractivity contribution in [3.63, 3.8) is 0 Å². The molecule has 0 aliphatic rings. The number of hydrogen-bond acceptors (Lipinski definition) is 3. The van der Waals surface area contributed by atoms with E-state index in [1.54, 1.807) is 0 Å². The zero-order chi connectivity index (χ0) is 10.9. The first-order chi connectivity index (χ1) is 6.43. The maximum Gasteiger partial charge on any atom is 0.488 e. The van der Waals surface area contributed by atoms with Crippen LogP contribution in [0.1, 0.15) is 10.4 Å². The third kappa shape index (κ3) is 1.89. The predicted molar refractivity (Wildman–Crippen MR) is 43.1 cm³/mol. The summed E-state index contributed by atoms with van der Waals surface area (Å²) >= 11 is 0. The highest BCUT2D eigenvalue weighted by molar-refractivity contribution is 6.58. The van der Waals surface area contributed by atoms with Crippen LogP contribution >= 0.6 is 0 Å².